The molecular weight excluding hydrogens is 227 g/mol. The predicted octanol–water partition coefficient (Wildman–Crippen LogP) is 2.79. The third-order valence-electron chi connectivity index (χ3n) is 3.86. The lowest BCUT2D eigenvalue weighted by molar-refractivity contribution is 0.205. The van der Waals surface area contributed by atoms with Crippen LogP contribution in [-0.2, 0) is 6.54 Å². The maximum atomic E-state index is 12.9. The lowest BCUT2D eigenvalue weighted by Crippen LogP contribution is -2.44. The molecule has 0 bridgehead atoms. The van der Waals surface area contributed by atoms with E-state index >= 15 is 0 Å². The first kappa shape index (κ1) is 13.5. The molecule has 2 rings (SSSR count). The number of nitrogens with zero attached hydrogens (tertiary/aromatic N) is 1. The fourth-order valence-electron chi connectivity index (χ4n) is 2.96. The summed E-state index contributed by atoms with van der Waals surface area (Å²) in [6, 6.07) is 8.06. The molecule has 1 aliphatic rings. The van der Waals surface area contributed by atoms with Gasteiger partial charge in [0.2, 0.25) is 0 Å². The Morgan fingerprint density at radius 1 is 1.28 bits per heavy atom. The second-order valence-corrected chi connectivity index (χ2v) is 5.20. The lowest BCUT2D eigenvalue weighted by atomic mass is 10.1. The van der Waals surface area contributed by atoms with E-state index in [4.69, 9.17) is 0 Å². The number of hydrogen-bond donors (Lipinski definition) is 1. The highest BCUT2D eigenvalue weighted by Crippen LogP contribution is 2.24. The topological polar surface area (TPSA) is 15.3 Å². The van der Waals surface area contributed by atoms with Gasteiger partial charge in [-0.3, -0.25) is 4.90 Å². The molecule has 1 aliphatic carbocycles. The Balaban J connectivity index is 1.94. The largest absolute Gasteiger partial charge is 0.313 e. The number of nitrogens with one attached hydrogen (secondary N) is 1. The average Bonchev–Trinajstić information content (AvgIpc) is 2.81. The van der Waals surface area contributed by atoms with Crippen molar-refractivity contribution < 1.29 is 4.39 Å². The van der Waals surface area contributed by atoms with Gasteiger partial charge in [-0.2, -0.15) is 0 Å². The standard InChI is InChI=1S/C15H23FN2/c1-3-17-14-5-4-6-15(14)18(2)11-12-7-9-13(16)10-8-12/h7-10,14-15,17H,3-6,11H2,1-2H3. The molecule has 0 saturated heterocycles. The van der Waals surface area contributed by atoms with Crippen molar-refractivity contribution in [1.29, 1.82) is 0 Å². The summed E-state index contributed by atoms with van der Waals surface area (Å²) in [5.41, 5.74) is 1.18. The van der Waals surface area contributed by atoms with Crippen LogP contribution in [0.5, 0.6) is 0 Å². The number of rotatable bonds is 5. The Morgan fingerprint density at radius 3 is 2.67 bits per heavy atom. The summed E-state index contributed by atoms with van der Waals surface area (Å²) in [7, 11) is 2.17. The van der Waals surface area contributed by atoms with E-state index in [0.29, 0.717) is 12.1 Å². The molecule has 18 heavy (non-hydrogen) atoms. The minimum absolute atomic E-state index is 0.159. The van der Waals surface area contributed by atoms with E-state index in [1.165, 1.54) is 24.8 Å². The van der Waals surface area contributed by atoms with Crippen molar-refractivity contribution in [3.63, 3.8) is 0 Å². The fourth-order valence-corrected chi connectivity index (χ4v) is 2.96. The zero-order valence-corrected chi connectivity index (χ0v) is 11.3. The average molecular weight is 250 g/mol. The van der Waals surface area contributed by atoms with Crippen molar-refractivity contribution >= 4 is 0 Å². The molecule has 1 aromatic rings. The number of hydrogen-bond acceptors (Lipinski definition) is 2. The third-order valence-corrected chi connectivity index (χ3v) is 3.86. The van der Waals surface area contributed by atoms with Crippen LogP contribution in [0.15, 0.2) is 24.3 Å². The number of halogens is 1. The summed E-state index contributed by atoms with van der Waals surface area (Å²) in [5, 5.41) is 3.57. The van der Waals surface area contributed by atoms with E-state index in [-0.39, 0.29) is 5.82 Å². The van der Waals surface area contributed by atoms with Crippen molar-refractivity contribution in [2.75, 3.05) is 13.6 Å². The van der Waals surface area contributed by atoms with Crippen molar-refractivity contribution in [2.45, 2.75) is 44.8 Å². The zero-order chi connectivity index (χ0) is 13.0. The molecule has 0 spiro atoms. The molecular formula is C15H23FN2. The molecule has 100 valence electrons. The molecule has 3 heteroatoms. The Labute approximate surface area is 109 Å². The molecule has 2 atom stereocenters. The highest BCUT2D eigenvalue weighted by Gasteiger charge is 2.29. The summed E-state index contributed by atoms with van der Waals surface area (Å²) >= 11 is 0. The van der Waals surface area contributed by atoms with Crippen molar-refractivity contribution in [1.82, 2.24) is 10.2 Å². The molecule has 2 unspecified atom stereocenters. The van der Waals surface area contributed by atoms with E-state index in [2.05, 4.69) is 24.2 Å². The normalized spacial score (nSPS) is 23.8. The van der Waals surface area contributed by atoms with Gasteiger partial charge in [-0.15, -0.1) is 0 Å². The van der Waals surface area contributed by atoms with E-state index in [1.54, 1.807) is 12.1 Å². The molecule has 1 fully saturated rings. The van der Waals surface area contributed by atoms with Gasteiger partial charge < -0.3 is 5.32 Å². The summed E-state index contributed by atoms with van der Waals surface area (Å²) in [6.45, 7) is 4.09. The van der Waals surface area contributed by atoms with Crippen LogP contribution in [-0.4, -0.2) is 30.6 Å². The second-order valence-electron chi connectivity index (χ2n) is 5.20. The van der Waals surface area contributed by atoms with Gasteiger partial charge in [0.15, 0.2) is 0 Å². The Bertz CT molecular complexity index is 363. The first-order chi connectivity index (χ1) is 8.70. The van der Waals surface area contributed by atoms with Crippen molar-refractivity contribution in [3.8, 4) is 0 Å². The SMILES string of the molecule is CCNC1CCCC1N(C)Cc1ccc(F)cc1. The quantitative estimate of drug-likeness (QED) is 0.864. The minimum atomic E-state index is -0.159. The van der Waals surface area contributed by atoms with E-state index in [1.807, 2.05) is 12.1 Å². The maximum Gasteiger partial charge on any atom is 0.123 e. The van der Waals surface area contributed by atoms with Crippen LogP contribution in [0.25, 0.3) is 0 Å². The summed E-state index contributed by atoms with van der Waals surface area (Å²) in [6.07, 6.45) is 3.83. The third kappa shape index (κ3) is 3.30. The molecule has 2 nitrogen and oxygen atoms in total. The molecule has 1 saturated carbocycles. The fraction of sp³-hybridized carbons (Fsp3) is 0.600. The van der Waals surface area contributed by atoms with Gasteiger partial charge in [0, 0.05) is 18.6 Å². The van der Waals surface area contributed by atoms with E-state index in [0.717, 1.165) is 13.1 Å². The molecule has 1 aromatic carbocycles. The smallest absolute Gasteiger partial charge is 0.123 e. The van der Waals surface area contributed by atoms with Crippen LogP contribution in [0, 0.1) is 5.82 Å². The highest BCUT2D eigenvalue weighted by atomic mass is 19.1. The monoisotopic (exact) mass is 250 g/mol. The van der Waals surface area contributed by atoms with Gasteiger partial charge in [-0.1, -0.05) is 25.5 Å². The second kappa shape index (κ2) is 6.30. The Morgan fingerprint density at radius 2 is 2.00 bits per heavy atom. The molecule has 1 N–H and O–H groups in total. The van der Waals surface area contributed by atoms with Gasteiger partial charge in [0.05, 0.1) is 0 Å². The predicted molar refractivity (Wildman–Crippen MR) is 73.0 cm³/mol. The van der Waals surface area contributed by atoms with Crippen LogP contribution in [0.3, 0.4) is 0 Å². The van der Waals surface area contributed by atoms with Gasteiger partial charge in [0.25, 0.3) is 0 Å². The molecule has 0 aromatic heterocycles. The zero-order valence-electron chi connectivity index (χ0n) is 11.3. The first-order valence-electron chi connectivity index (χ1n) is 6.88. The Hall–Kier alpha value is -0.930. The van der Waals surface area contributed by atoms with Gasteiger partial charge >= 0.3 is 0 Å². The van der Waals surface area contributed by atoms with Gasteiger partial charge in [0.1, 0.15) is 5.82 Å². The first-order valence-corrected chi connectivity index (χ1v) is 6.88. The number of likely N-dealkylation sites (N-methyl/N-ethyl adjacent to an activating group) is 2. The Kier molecular flexibility index (Phi) is 4.72. The van der Waals surface area contributed by atoms with Crippen LogP contribution in [0.1, 0.15) is 31.7 Å². The van der Waals surface area contributed by atoms with Crippen molar-refractivity contribution in [3.05, 3.63) is 35.6 Å². The maximum absolute atomic E-state index is 12.9. The summed E-state index contributed by atoms with van der Waals surface area (Å²) in [5.74, 6) is -0.159. The van der Waals surface area contributed by atoms with E-state index in [9.17, 15) is 4.39 Å². The minimum Gasteiger partial charge on any atom is -0.313 e. The summed E-state index contributed by atoms with van der Waals surface area (Å²) < 4.78 is 12.9. The van der Waals surface area contributed by atoms with Crippen molar-refractivity contribution in [2.24, 2.45) is 0 Å². The lowest BCUT2D eigenvalue weighted by Gasteiger charge is -2.30. The van der Waals surface area contributed by atoms with Gasteiger partial charge in [-0.05, 0) is 44.1 Å². The van der Waals surface area contributed by atoms with Crippen LogP contribution < -0.4 is 5.32 Å². The van der Waals surface area contributed by atoms with Crippen LogP contribution in [0.4, 0.5) is 4.39 Å². The molecule has 0 radical (unpaired) electrons. The molecule has 0 aliphatic heterocycles. The van der Waals surface area contributed by atoms with Crippen LogP contribution >= 0.6 is 0 Å². The van der Waals surface area contributed by atoms with E-state index < -0.39 is 0 Å². The number of benzene rings is 1. The molecule has 0 amide bonds. The van der Waals surface area contributed by atoms with Crippen LogP contribution in [0.2, 0.25) is 0 Å². The highest BCUT2D eigenvalue weighted by molar-refractivity contribution is 5.16. The molecule has 0 heterocycles. The summed E-state index contributed by atoms with van der Waals surface area (Å²) in [4.78, 5) is 2.40. The van der Waals surface area contributed by atoms with Gasteiger partial charge in [-0.25, -0.2) is 4.39 Å².